The second-order valence-electron chi connectivity index (χ2n) is 3.67. The van der Waals surface area contributed by atoms with E-state index in [1.807, 2.05) is 17.8 Å². The smallest absolute Gasteiger partial charge is 0.0653 e. The summed E-state index contributed by atoms with van der Waals surface area (Å²) in [5.41, 5.74) is 0.875. The van der Waals surface area contributed by atoms with Crippen molar-refractivity contribution >= 4 is 0 Å². The predicted octanol–water partition coefficient (Wildman–Crippen LogP) is 0.878. The molecule has 1 aliphatic rings. The minimum Gasteiger partial charge on any atom is -0.390 e. The van der Waals surface area contributed by atoms with E-state index in [0.29, 0.717) is 0 Å². The van der Waals surface area contributed by atoms with E-state index >= 15 is 0 Å². The van der Waals surface area contributed by atoms with Crippen LogP contribution in [-0.4, -0.2) is 20.5 Å². The maximum Gasteiger partial charge on any atom is 0.0653 e. The van der Waals surface area contributed by atoms with Gasteiger partial charge in [-0.2, -0.15) is 5.10 Å². The number of aryl methyl sites for hydroxylation is 2. The molecule has 0 bridgehead atoms. The lowest BCUT2D eigenvalue weighted by atomic mass is 10.1. The highest BCUT2D eigenvalue weighted by molar-refractivity contribution is 5.03. The largest absolute Gasteiger partial charge is 0.390 e. The van der Waals surface area contributed by atoms with Gasteiger partial charge in [-0.3, -0.25) is 4.68 Å². The summed E-state index contributed by atoms with van der Waals surface area (Å²) >= 11 is 0. The molecule has 0 radical (unpaired) electrons. The summed E-state index contributed by atoms with van der Waals surface area (Å²) in [6.45, 7) is 0. The van der Waals surface area contributed by atoms with Crippen molar-refractivity contribution in [1.82, 2.24) is 9.78 Å². The minimum atomic E-state index is -0.329. The fourth-order valence-electron chi connectivity index (χ4n) is 1.40. The highest BCUT2D eigenvalue weighted by Crippen LogP contribution is 2.39. The first kappa shape index (κ1) is 7.80. The normalized spacial score (nSPS) is 19.5. The van der Waals surface area contributed by atoms with Gasteiger partial charge in [0, 0.05) is 18.9 Å². The molecule has 3 heteroatoms. The number of hydrogen-bond donors (Lipinski definition) is 1. The van der Waals surface area contributed by atoms with Crippen molar-refractivity contribution in [2.75, 3.05) is 0 Å². The van der Waals surface area contributed by atoms with Crippen molar-refractivity contribution in [3.8, 4) is 0 Å². The van der Waals surface area contributed by atoms with E-state index in [-0.39, 0.29) is 5.60 Å². The topological polar surface area (TPSA) is 38.0 Å². The number of nitrogens with zero attached hydrogens (tertiary/aromatic N) is 2. The predicted molar refractivity (Wildman–Crippen MR) is 45.7 cm³/mol. The Morgan fingerprint density at radius 1 is 1.67 bits per heavy atom. The maximum atomic E-state index is 9.59. The van der Waals surface area contributed by atoms with Crippen molar-refractivity contribution < 1.29 is 5.11 Å². The van der Waals surface area contributed by atoms with Crippen molar-refractivity contribution in [3.05, 3.63) is 18.0 Å². The average Bonchev–Trinajstić information content (AvgIpc) is 2.61. The second kappa shape index (κ2) is 2.59. The maximum absolute atomic E-state index is 9.59. The van der Waals surface area contributed by atoms with Crippen LogP contribution in [0.1, 0.15) is 25.0 Å². The third-order valence-corrected chi connectivity index (χ3v) is 2.60. The Balaban J connectivity index is 1.91. The van der Waals surface area contributed by atoms with Crippen LogP contribution in [-0.2, 0) is 13.5 Å². The Labute approximate surface area is 72.0 Å². The molecule has 1 aliphatic carbocycles. The van der Waals surface area contributed by atoms with Crippen LogP contribution in [0.5, 0.6) is 0 Å². The van der Waals surface area contributed by atoms with Crippen molar-refractivity contribution in [2.24, 2.45) is 7.05 Å². The first-order chi connectivity index (χ1) is 5.70. The van der Waals surface area contributed by atoms with Gasteiger partial charge in [0.1, 0.15) is 0 Å². The molecular formula is C9H14N2O. The van der Waals surface area contributed by atoms with Crippen LogP contribution < -0.4 is 0 Å². The highest BCUT2D eigenvalue weighted by atomic mass is 16.3. The monoisotopic (exact) mass is 166 g/mol. The minimum absolute atomic E-state index is 0.329. The molecule has 1 aromatic rings. The van der Waals surface area contributed by atoms with E-state index in [0.717, 1.165) is 25.7 Å². The molecule has 1 saturated carbocycles. The van der Waals surface area contributed by atoms with Gasteiger partial charge in [-0.25, -0.2) is 0 Å². The molecule has 3 nitrogen and oxygen atoms in total. The Morgan fingerprint density at radius 2 is 2.42 bits per heavy atom. The van der Waals surface area contributed by atoms with Gasteiger partial charge < -0.3 is 5.11 Å². The Hall–Kier alpha value is -0.830. The molecule has 1 heterocycles. The van der Waals surface area contributed by atoms with Gasteiger partial charge in [-0.15, -0.1) is 0 Å². The van der Waals surface area contributed by atoms with E-state index < -0.39 is 0 Å². The lowest BCUT2D eigenvalue weighted by Crippen LogP contribution is -2.09. The first-order valence-electron chi connectivity index (χ1n) is 4.39. The summed E-state index contributed by atoms with van der Waals surface area (Å²) in [5, 5.41) is 13.7. The zero-order chi connectivity index (χ0) is 8.60. The van der Waals surface area contributed by atoms with Crippen LogP contribution in [0.3, 0.4) is 0 Å². The van der Waals surface area contributed by atoms with Gasteiger partial charge in [0.15, 0.2) is 0 Å². The van der Waals surface area contributed by atoms with Crippen LogP contribution in [0.15, 0.2) is 12.3 Å². The standard InChI is InChI=1S/C9H14N2O/c1-11-8(3-7-10-11)2-4-9(12)5-6-9/h3,7,12H,2,4-6H2,1H3. The highest BCUT2D eigenvalue weighted by Gasteiger charge is 2.39. The summed E-state index contributed by atoms with van der Waals surface area (Å²) in [5.74, 6) is 0. The van der Waals surface area contributed by atoms with E-state index in [1.165, 1.54) is 5.69 Å². The van der Waals surface area contributed by atoms with Gasteiger partial charge in [-0.1, -0.05) is 0 Å². The number of aromatic nitrogens is 2. The molecule has 12 heavy (non-hydrogen) atoms. The Kier molecular flexibility index (Phi) is 1.68. The van der Waals surface area contributed by atoms with Gasteiger partial charge in [-0.05, 0) is 31.7 Å². The van der Waals surface area contributed by atoms with E-state index in [1.54, 1.807) is 6.20 Å². The molecule has 0 atom stereocenters. The van der Waals surface area contributed by atoms with Crippen molar-refractivity contribution in [2.45, 2.75) is 31.3 Å². The van der Waals surface area contributed by atoms with Crippen molar-refractivity contribution in [3.63, 3.8) is 0 Å². The summed E-state index contributed by atoms with van der Waals surface area (Å²) < 4.78 is 1.87. The average molecular weight is 166 g/mol. The number of hydrogen-bond acceptors (Lipinski definition) is 2. The quantitative estimate of drug-likeness (QED) is 0.723. The molecule has 0 amide bonds. The molecule has 0 spiro atoms. The third kappa shape index (κ3) is 1.50. The molecule has 1 N–H and O–H groups in total. The van der Waals surface area contributed by atoms with Crippen LogP contribution in [0.4, 0.5) is 0 Å². The summed E-state index contributed by atoms with van der Waals surface area (Å²) in [7, 11) is 1.94. The van der Waals surface area contributed by atoms with Crippen LogP contribution in [0, 0.1) is 0 Å². The molecule has 0 aliphatic heterocycles. The third-order valence-electron chi connectivity index (χ3n) is 2.60. The fraction of sp³-hybridized carbons (Fsp3) is 0.667. The molecular weight excluding hydrogens is 152 g/mol. The molecule has 0 aromatic carbocycles. The van der Waals surface area contributed by atoms with Gasteiger partial charge in [0.05, 0.1) is 5.60 Å². The van der Waals surface area contributed by atoms with Gasteiger partial charge in [0.2, 0.25) is 0 Å². The number of rotatable bonds is 3. The lowest BCUT2D eigenvalue weighted by molar-refractivity contribution is 0.140. The molecule has 2 rings (SSSR count). The van der Waals surface area contributed by atoms with Crippen LogP contribution >= 0.6 is 0 Å². The second-order valence-corrected chi connectivity index (χ2v) is 3.67. The van der Waals surface area contributed by atoms with Crippen LogP contribution in [0.25, 0.3) is 0 Å². The van der Waals surface area contributed by atoms with Crippen molar-refractivity contribution in [1.29, 1.82) is 0 Å². The van der Waals surface area contributed by atoms with Gasteiger partial charge in [0.25, 0.3) is 0 Å². The Morgan fingerprint density at radius 3 is 2.92 bits per heavy atom. The van der Waals surface area contributed by atoms with E-state index in [2.05, 4.69) is 5.10 Å². The molecule has 66 valence electrons. The summed E-state index contributed by atoms with van der Waals surface area (Å²) in [4.78, 5) is 0. The van der Waals surface area contributed by atoms with Gasteiger partial charge >= 0.3 is 0 Å². The zero-order valence-corrected chi connectivity index (χ0v) is 7.32. The SMILES string of the molecule is Cn1nccc1CCC1(O)CC1. The number of aliphatic hydroxyl groups is 1. The summed E-state index contributed by atoms with van der Waals surface area (Å²) in [6.07, 6.45) is 5.57. The molecule has 1 fully saturated rings. The lowest BCUT2D eigenvalue weighted by Gasteiger charge is -2.06. The van der Waals surface area contributed by atoms with E-state index in [4.69, 9.17) is 0 Å². The summed E-state index contributed by atoms with van der Waals surface area (Å²) in [6, 6.07) is 2.01. The zero-order valence-electron chi connectivity index (χ0n) is 7.32. The molecule has 0 saturated heterocycles. The Bertz CT molecular complexity index is 276. The molecule has 1 aromatic heterocycles. The fourth-order valence-corrected chi connectivity index (χ4v) is 1.40. The van der Waals surface area contributed by atoms with Crippen LogP contribution in [0.2, 0.25) is 0 Å². The van der Waals surface area contributed by atoms with E-state index in [9.17, 15) is 5.11 Å². The molecule has 0 unspecified atom stereocenters. The first-order valence-corrected chi connectivity index (χ1v) is 4.39.